The second kappa shape index (κ2) is 4.09. The first kappa shape index (κ1) is 10.9. The maximum Gasteiger partial charge on any atom is 0.325 e. The largest absolute Gasteiger partial charge is 0.480 e. The van der Waals surface area contributed by atoms with Gasteiger partial charge in [-0.3, -0.25) is 9.48 Å². The second-order valence-electron chi connectivity index (χ2n) is 3.63. The summed E-state index contributed by atoms with van der Waals surface area (Å²) < 4.78 is 1.51. The van der Waals surface area contributed by atoms with Crippen LogP contribution in [0, 0.1) is 13.8 Å². The molecule has 0 saturated carbocycles. The predicted molar refractivity (Wildman–Crippen MR) is 62.6 cm³/mol. The molecule has 5 heteroatoms. The molecule has 16 heavy (non-hydrogen) atoms. The third-order valence-electron chi connectivity index (χ3n) is 2.49. The lowest BCUT2D eigenvalue weighted by Gasteiger charge is -2.01. The number of aromatic nitrogens is 2. The van der Waals surface area contributed by atoms with Crippen molar-refractivity contribution in [2.45, 2.75) is 20.4 Å². The monoisotopic (exact) mass is 236 g/mol. The summed E-state index contributed by atoms with van der Waals surface area (Å²) in [5.74, 6) is -0.874. The molecule has 0 aliphatic carbocycles. The van der Waals surface area contributed by atoms with E-state index in [2.05, 4.69) is 5.10 Å². The van der Waals surface area contributed by atoms with Gasteiger partial charge in [0.15, 0.2) is 0 Å². The number of hydrogen-bond acceptors (Lipinski definition) is 3. The van der Waals surface area contributed by atoms with Gasteiger partial charge in [-0.2, -0.15) is 5.10 Å². The summed E-state index contributed by atoms with van der Waals surface area (Å²) in [6, 6.07) is 2.05. The molecule has 0 fully saturated rings. The van der Waals surface area contributed by atoms with Gasteiger partial charge < -0.3 is 5.11 Å². The minimum atomic E-state index is -0.874. The number of nitrogens with zero attached hydrogens (tertiary/aromatic N) is 2. The van der Waals surface area contributed by atoms with Gasteiger partial charge in [-0.1, -0.05) is 0 Å². The van der Waals surface area contributed by atoms with Gasteiger partial charge in [0.25, 0.3) is 0 Å². The molecular formula is C11H12N2O2S. The van der Waals surface area contributed by atoms with Crippen LogP contribution >= 0.6 is 11.3 Å². The highest BCUT2D eigenvalue weighted by atomic mass is 32.1. The Kier molecular flexibility index (Phi) is 2.78. The lowest BCUT2D eigenvalue weighted by Crippen LogP contribution is -2.11. The Labute approximate surface area is 97.2 Å². The lowest BCUT2D eigenvalue weighted by atomic mass is 10.1. The number of aliphatic carboxylic acids is 1. The molecule has 0 bridgehead atoms. The average molecular weight is 236 g/mol. The second-order valence-corrected chi connectivity index (χ2v) is 4.54. The van der Waals surface area contributed by atoms with Crippen molar-refractivity contribution in [2.75, 3.05) is 0 Å². The number of carboxylic acids is 1. The van der Waals surface area contributed by atoms with Crippen molar-refractivity contribution >= 4 is 17.3 Å². The smallest absolute Gasteiger partial charge is 0.325 e. The fourth-order valence-electron chi connectivity index (χ4n) is 1.61. The van der Waals surface area contributed by atoms with E-state index in [9.17, 15) is 4.79 Å². The van der Waals surface area contributed by atoms with Crippen LogP contribution in [-0.2, 0) is 11.3 Å². The molecule has 0 aliphatic rings. The Morgan fingerprint density at radius 1 is 1.56 bits per heavy atom. The lowest BCUT2D eigenvalue weighted by molar-refractivity contribution is -0.137. The van der Waals surface area contributed by atoms with E-state index in [1.807, 2.05) is 25.3 Å². The molecule has 2 aromatic rings. The van der Waals surface area contributed by atoms with Crippen LogP contribution in [0.5, 0.6) is 0 Å². The summed E-state index contributed by atoms with van der Waals surface area (Å²) in [6.45, 7) is 3.85. The normalized spacial score (nSPS) is 10.6. The fraction of sp³-hybridized carbons (Fsp3) is 0.273. The van der Waals surface area contributed by atoms with Gasteiger partial charge in [-0.05, 0) is 30.9 Å². The van der Waals surface area contributed by atoms with E-state index < -0.39 is 5.97 Å². The van der Waals surface area contributed by atoms with E-state index in [0.29, 0.717) is 0 Å². The van der Waals surface area contributed by atoms with Crippen molar-refractivity contribution in [1.82, 2.24) is 9.78 Å². The van der Waals surface area contributed by atoms with Gasteiger partial charge in [-0.25, -0.2) is 0 Å². The van der Waals surface area contributed by atoms with Gasteiger partial charge in [0, 0.05) is 16.1 Å². The maximum atomic E-state index is 10.6. The van der Waals surface area contributed by atoms with Crippen molar-refractivity contribution in [2.24, 2.45) is 0 Å². The molecular weight excluding hydrogens is 224 g/mol. The number of hydrogen-bond donors (Lipinski definition) is 1. The molecule has 1 N–H and O–H groups in total. The van der Waals surface area contributed by atoms with Crippen LogP contribution in [0.2, 0.25) is 0 Å². The molecule has 0 radical (unpaired) electrons. The molecule has 0 saturated heterocycles. The van der Waals surface area contributed by atoms with Crippen molar-refractivity contribution in [3.05, 3.63) is 28.9 Å². The minimum Gasteiger partial charge on any atom is -0.480 e. The van der Waals surface area contributed by atoms with Gasteiger partial charge >= 0.3 is 5.97 Å². The predicted octanol–water partition coefficient (Wildman–Crippen LogP) is 2.31. The van der Waals surface area contributed by atoms with Gasteiger partial charge in [0.05, 0.1) is 6.20 Å². The van der Waals surface area contributed by atoms with Crippen LogP contribution in [0.1, 0.15) is 11.3 Å². The van der Waals surface area contributed by atoms with E-state index in [4.69, 9.17) is 5.11 Å². The highest BCUT2D eigenvalue weighted by molar-refractivity contribution is 7.13. The number of rotatable bonds is 3. The van der Waals surface area contributed by atoms with Crippen molar-refractivity contribution < 1.29 is 9.90 Å². The van der Waals surface area contributed by atoms with Crippen LogP contribution in [0.25, 0.3) is 10.4 Å². The highest BCUT2D eigenvalue weighted by Crippen LogP contribution is 2.31. The number of aryl methyl sites for hydroxylation is 1. The van der Waals surface area contributed by atoms with E-state index in [0.717, 1.165) is 16.1 Å². The van der Waals surface area contributed by atoms with Crippen molar-refractivity contribution in [3.63, 3.8) is 0 Å². The van der Waals surface area contributed by atoms with Crippen molar-refractivity contribution in [3.8, 4) is 10.4 Å². The molecule has 0 aliphatic heterocycles. The van der Waals surface area contributed by atoms with E-state index in [-0.39, 0.29) is 6.54 Å². The molecule has 0 amide bonds. The molecule has 0 aromatic carbocycles. The van der Waals surface area contributed by atoms with Gasteiger partial charge in [0.2, 0.25) is 0 Å². The highest BCUT2D eigenvalue weighted by Gasteiger charge is 2.12. The number of carbonyl (C=O) groups is 1. The molecule has 0 spiro atoms. The van der Waals surface area contributed by atoms with Crippen LogP contribution in [0.4, 0.5) is 0 Å². The molecule has 4 nitrogen and oxygen atoms in total. The quantitative estimate of drug-likeness (QED) is 0.889. The maximum absolute atomic E-state index is 10.6. The Morgan fingerprint density at radius 3 is 2.88 bits per heavy atom. The summed E-state index contributed by atoms with van der Waals surface area (Å²) in [6.07, 6.45) is 1.73. The third-order valence-corrected chi connectivity index (χ3v) is 3.54. The molecule has 2 heterocycles. The number of thiophene rings is 1. The van der Waals surface area contributed by atoms with Gasteiger partial charge in [-0.15, -0.1) is 11.3 Å². The summed E-state index contributed by atoms with van der Waals surface area (Å²) in [5.41, 5.74) is 3.12. The first-order valence-electron chi connectivity index (χ1n) is 4.88. The van der Waals surface area contributed by atoms with E-state index in [1.54, 1.807) is 17.5 Å². The van der Waals surface area contributed by atoms with E-state index >= 15 is 0 Å². The average Bonchev–Trinajstić information content (AvgIpc) is 2.75. The minimum absolute atomic E-state index is 0.0870. The van der Waals surface area contributed by atoms with Crippen LogP contribution < -0.4 is 0 Å². The first-order valence-corrected chi connectivity index (χ1v) is 5.76. The molecule has 0 unspecified atom stereocenters. The third kappa shape index (κ3) is 1.86. The molecule has 0 atom stereocenters. The first-order chi connectivity index (χ1) is 7.59. The zero-order valence-electron chi connectivity index (χ0n) is 9.10. The number of carboxylic acid groups (broad SMARTS) is 1. The van der Waals surface area contributed by atoms with Gasteiger partial charge in [0.1, 0.15) is 6.54 Å². The SMILES string of the molecule is Cc1ccsc1-c1cnn(CC(=O)O)c1C. The Bertz CT molecular complexity index is 528. The standard InChI is InChI=1S/C11H12N2O2S/c1-7-3-4-16-11(7)9-5-12-13(8(9)2)6-10(14)15/h3-5H,6H2,1-2H3,(H,14,15). The zero-order valence-corrected chi connectivity index (χ0v) is 9.91. The van der Waals surface area contributed by atoms with Crippen LogP contribution in [0.3, 0.4) is 0 Å². The van der Waals surface area contributed by atoms with Crippen molar-refractivity contribution in [1.29, 1.82) is 0 Å². The van der Waals surface area contributed by atoms with Crippen LogP contribution in [0.15, 0.2) is 17.6 Å². The Hall–Kier alpha value is -1.62. The van der Waals surface area contributed by atoms with Crippen LogP contribution in [-0.4, -0.2) is 20.9 Å². The summed E-state index contributed by atoms with van der Waals surface area (Å²) in [7, 11) is 0. The summed E-state index contributed by atoms with van der Waals surface area (Å²) >= 11 is 1.65. The Balaban J connectivity index is 2.41. The van der Waals surface area contributed by atoms with E-state index in [1.165, 1.54) is 10.2 Å². The fourth-order valence-corrected chi connectivity index (χ4v) is 2.60. The summed E-state index contributed by atoms with van der Waals surface area (Å²) in [4.78, 5) is 11.8. The molecule has 84 valence electrons. The zero-order chi connectivity index (χ0) is 11.7. The molecule has 2 rings (SSSR count). The Morgan fingerprint density at radius 2 is 2.31 bits per heavy atom. The molecule has 2 aromatic heterocycles. The summed E-state index contributed by atoms with van der Waals surface area (Å²) in [5, 5.41) is 14.8. The topological polar surface area (TPSA) is 55.1 Å².